The lowest BCUT2D eigenvalue weighted by molar-refractivity contribution is -0.126. The van der Waals surface area contributed by atoms with Crippen molar-refractivity contribution in [2.24, 2.45) is 5.92 Å². The van der Waals surface area contributed by atoms with Gasteiger partial charge in [-0.2, -0.15) is 0 Å². The number of likely N-dealkylation sites (tertiary alicyclic amines) is 1. The van der Waals surface area contributed by atoms with Gasteiger partial charge < -0.3 is 15.0 Å². The van der Waals surface area contributed by atoms with Crippen LogP contribution < -0.4 is 10.1 Å². The van der Waals surface area contributed by atoms with Gasteiger partial charge in [0.1, 0.15) is 11.6 Å². The molecular formula is C22H27FN2O2. The Bertz CT molecular complexity index is 698. The molecule has 4 nitrogen and oxygen atoms in total. The number of carbonyl (C=O) groups excluding carboxylic acids is 1. The minimum Gasteiger partial charge on any atom is -0.494 e. The monoisotopic (exact) mass is 370 g/mol. The number of carbonyl (C=O) groups is 1. The van der Waals surface area contributed by atoms with Crippen LogP contribution in [0.1, 0.15) is 24.8 Å². The van der Waals surface area contributed by atoms with Gasteiger partial charge in [0, 0.05) is 19.0 Å². The Labute approximate surface area is 160 Å². The molecule has 1 aliphatic heterocycles. The molecule has 0 radical (unpaired) electrons. The van der Waals surface area contributed by atoms with Gasteiger partial charge in [-0.25, -0.2) is 4.39 Å². The van der Waals surface area contributed by atoms with Crippen molar-refractivity contribution in [2.45, 2.75) is 25.8 Å². The van der Waals surface area contributed by atoms with Crippen molar-refractivity contribution in [1.82, 2.24) is 10.2 Å². The zero-order valence-corrected chi connectivity index (χ0v) is 15.6. The summed E-state index contributed by atoms with van der Waals surface area (Å²) in [4.78, 5) is 14.7. The topological polar surface area (TPSA) is 41.6 Å². The van der Waals surface area contributed by atoms with E-state index >= 15 is 0 Å². The van der Waals surface area contributed by atoms with E-state index in [9.17, 15) is 9.18 Å². The van der Waals surface area contributed by atoms with Gasteiger partial charge in [0.15, 0.2) is 0 Å². The summed E-state index contributed by atoms with van der Waals surface area (Å²) in [6.45, 7) is 4.05. The minimum absolute atomic E-state index is 0.0715. The van der Waals surface area contributed by atoms with Gasteiger partial charge in [-0.3, -0.25) is 4.79 Å². The van der Waals surface area contributed by atoms with Crippen LogP contribution in [0, 0.1) is 11.7 Å². The van der Waals surface area contributed by atoms with E-state index in [2.05, 4.69) is 10.2 Å². The van der Waals surface area contributed by atoms with E-state index in [4.69, 9.17) is 4.74 Å². The highest BCUT2D eigenvalue weighted by molar-refractivity contribution is 5.78. The van der Waals surface area contributed by atoms with Gasteiger partial charge in [0.05, 0.1) is 6.61 Å². The second-order valence-corrected chi connectivity index (χ2v) is 6.98. The highest BCUT2D eigenvalue weighted by atomic mass is 19.1. The minimum atomic E-state index is -0.258. The average molecular weight is 370 g/mol. The average Bonchev–Trinajstić information content (AvgIpc) is 2.72. The van der Waals surface area contributed by atoms with E-state index in [-0.39, 0.29) is 17.6 Å². The maximum atomic E-state index is 12.9. The standard InChI is InChI=1S/C22H27FN2O2/c23-20-9-7-18(8-10-20)17-24-22(26)19-11-14-25(15-12-19)13-4-16-27-21-5-2-1-3-6-21/h1-3,5-10,19H,4,11-17H2,(H,24,26). The molecule has 0 spiro atoms. The van der Waals surface area contributed by atoms with Crippen LogP contribution in [-0.2, 0) is 11.3 Å². The second-order valence-electron chi connectivity index (χ2n) is 6.98. The highest BCUT2D eigenvalue weighted by Crippen LogP contribution is 2.18. The fourth-order valence-corrected chi connectivity index (χ4v) is 3.35. The number of ether oxygens (including phenoxy) is 1. The predicted octanol–water partition coefficient (Wildman–Crippen LogP) is 3.62. The Morgan fingerprint density at radius 1 is 1.07 bits per heavy atom. The number of nitrogens with zero attached hydrogens (tertiary/aromatic N) is 1. The fraction of sp³-hybridized carbons (Fsp3) is 0.409. The molecule has 1 saturated heterocycles. The van der Waals surface area contributed by atoms with Crippen molar-refractivity contribution < 1.29 is 13.9 Å². The molecule has 0 saturated carbocycles. The summed E-state index contributed by atoms with van der Waals surface area (Å²) in [6.07, 6.45) is 2.75. The van der Waals surface area contributed by atoms with Crippen LogP contribution >= 0.6 is 0 Å². The quantitative estimate of drug-likeness (QED) is 0.722. The van der Waals surface area contributed by atoms with E-state index in [1.54, 1.807) is 12.1 Å². The first-order valence-electron chi connectivity index (χ1n) is 9.63. The predicted molar refractivity (Wildman–Crippen MR) is 104 cm³/mol. The molecule has 2 aromatic carbocycles. The number of piperidine rings is 1. The second kappa shape index (κ2) is 10.1. The van der Waals surface area contributed by atoms with Crippen LogP contribution in [0.4, 0.5) is 4.39 Å². The molecule has 0 aromatic heterocycles. The molecule has 0 unspecified atom stereocenters. The van der Waals surface area contributed by atoms with Crippen LogP contribution in [0.5, 0.6) is 5.75 Å². The summed E-state index contributed by atoms with van der Waals surface area (Å²) in [7, 11) is 0. The normalized spacial score (nSPS) is 15.4. The van der Waals surface area contributed by atoms with Crippen LogP contribution in [0.25, 0.3) is 0 Å². The van der Waals surface area contributed by atoms with E-state index in [0.29, 0.717) is 13.2 Å². The first-order valence-corrected chi connectivity index (χ1v) is 9.63. The van der Waals surface area contributed by atoms with E-state index in [1.807, 2.05) is 30.3 Å². The summed E-state index contributed by atoms with van der Waals surface area (Å²) in [5, 5.41) is 2.97. The highest BCUT2D eigenvalue weighted by Gasteiger charge is 2.24. The SMILES string of the molecule is O=C(NCc1ccc(F)cc1)C1CCN(CCCOc2ccccc2)CC1. The summed E-state index contributed by atoms with van der Waals surface area (Å²) in [5.74, 6) is 0.828. The van der Waals surface area contributed by atoms with Crippen LogP contribution in [-0.4, -0.2) is 37.0 Å². The van der Waals surface area contributed by atoms with Gasteiger partial charge in [-0.05, 0) is 62.2 Å². The number of para-hydroxylation sites is 1. The molecule has 144 valence electrons. The molecule has 1 aliphatic rings. The zero-order valence-electron chi connectivity index (χ0n) is 15.6. The van der Waals surface area contributed by atoms with E-state index in [0.717, 1.165) is 50.2 Å². The van der Waals surface area contributed by atoms with Crippen molar-refractivity contribution in [3.05, 3.63) is 66.0 Å². The van der Waals surface area contributed by atoms with E-state index < -0.39 is 0 Å². The van der Waals surface area contributed by atoms with Crippen molar-refractivity contribution in [3.63, 3.8) is 0 Å². The molecule has 2 aromatic rings. The van der Waals surface area contributed by atoms with Crippen LogP contribution in [0.15, 0.2) is 54.6 Å². The Hall–Kier alpha value is -2.40. The molecule has 1 fully saturated rings. The summed E-state index contributed by atoms with van der Waals surface area (Å²) in [5.41, 5.74) is 0.917. The van der Waals surface area contributed by atoms with Crippen LogP contribution in [0.2, 0.25) is 0 Å². The number of amides is 1. The lowest BCUT2D eigenvalue weighted by atomic mass is 9.95. The van der Waals surface area contributed by atoms with Crippen molar-refractivity contribution in [2.75, 3.05) is 26.2 Å². The largest absolute Gasteiger partial charge is 0.494 e. The van der Waals surface area contributed by atoms with Crippen LogP contribution in [0.3, 0.4) is 0 Å². The fourth-order valence-electron chi connectivity index (χ4n) is 3.35. The summed E-state index contributed by atoms with van der Waals surface area (Å²) in [6, 6.07) is 16.1. The molecule has 1 amide bonds. The first-order chi connectivity index (χ1) is 13.2. The molecule has 27 heavy (non-hydrogen) atoms. The van der Waals surface area contributed by atoms with Gasteiger partial charge in [0.25, 0.3) is 0 Å². The molecule has 3 rings (SSSR count). The maximum Gasteiger partial charge on any atom is 0.223 e. The Morgan fingerprint density at radius 3 is 2.48 bits per heavy atom. The first kappa shape index (κ1) is 19.4. The Kier molecular flexibility index (Phi) is 7.22. The number of benzene rings is 2. The van der Waals surface area contributed by atoms with Gasteiger partial charge in [0.2, 0.25) is 5.91 Å². The lowest BCUT2D eigenvalue weighted by Crippen LogP contribution is -2.40. The summed E-state index contributed by atoms with van der Waals surface area (Å²) >= 11 is 0. The lowest BCUT2D eigenvalue weighted by Gasteiger charge is -2.31. The molecule has 1 heterocycles. The van der Waals surface area contributed by atoms with Crippen molar-refractivity contribution in [3.8, 4) is 5.75 Å². The Balaban J connectivity index is 1.30. The smallest absolute Gasteiger partial charge is 0.223 e. The van der Waals surface area contributed by atoms with Gasteiger partial charge in [-0.15, -0.1) is 0 Å². The molecular weight excluding hydrogens is 343 g/mol. The molecule has 0 bridgehead atoms. The van der Waals surface area contributed by atoms with Crippen molar-refractivity contribution >= 4 is 5.91 Å². The summed E-state index contributed by atoms with van der Waals surface area (Å²) < 4.78 is 18.6. The van der Waals surface area contributed by atoms with E-state index in [1.165, 1.54) is 12.1 Å². The van der Waals surface area contributed by atoms with Crippen molar-refractivity contribution in [1.29, 1.82) is 0 Å². The number of halogens is 1. The number of hydrogen-bond donors (Lipinski definition) is 1. The third kappa shape index (κ3) is 6.36. The number of hydrogen-bond acceptors (Lipinski definition) is 3. The number of rotatable bonds is 8. The molecule has 1 N–H and O–H groups in total. The third-order valence-electron chi connectivity index (χ3n) is 4.97. The molecule has 5 heteroatoms. The molecule has 0 aliphatic carbocycles. The Morgan fingerprint density at radius 2 is 1.78 bits per heavy atom. The van der Waals surface area contributed by atoms with Gasteiger partial charge >= 0.3 is 0 Å². The van der Waals surface area contributed by atoms with Gasteiger partial charge in [-0.1, -0.05) is 30.3 Å². The zero-order chi connectivity index (χ0) is 18.9. The molecule has 0 atom stereocenters. The maximum absolute atomic E-state index is 12.9. The third-order valence-corrected chi connectivity index (χ3v) is 4.97. The number of nitrogens with one attached hydrogen (secondary N) is 1.